The number of amides is 1. The summed E-state index contributed by atoms with van der Waals surface area (Å²) < 4.78 is 21.1. The van der Waals surface area contributed by atoms with Gasteiger partial charge in [-0.1, -0.05) is 18.2 Å². The lowest BCUT2D eigenvalue weighted by molar-refractivity contribution is -0.149. The van der Waals surface area contributed by atoms with Crippen LogP contribution < -0.4 is 0 Å². The molecule has 8 heteroatoms. The van der Waals surface area contributed by atoms with Gasteiger partial charge in [0, 0.05) is 30.6 Å². The van der Waals surface area contributed by atoms with Gasteiger partial charge in [0.2, 0.25) is 5.76 Å². The molecule has 0 saturated carbocycles. The highest BCUT2D eigenvalue weighted by atomic mass is 16.5. The maximum absolute atomic E-state index is 12.6. The van der Waals surface area contributed by atoms with Crippen molar-refractivity contribution in [2.24, 2.45) is 5.92 Å². The van der Waals surface area contributed by atoms with Crippen LogP contribution >= 0.6 is 0 Å². The van der Waals surface area contributed by atoms with Crippen molar-refractivity contribution in [3.05, 3.63) is 35.6 Å². The van der Waals surface area contributed by atoms with E-state index in [1.165, 1.54) is 7.11 Å². The highest BCUT2D eigenvalue weighted by Gasteiger charge is 2.29. The molecular weight excluding hydrogens is 378 g/mol. The monoisotopic (exact) mass is 403 g/mol. The quantitative estimate of drug-likeness (QED) is 0.656. The Morgan fingerprint density at radius 1 is 1.17 bits per heavy atom. The molecule has 0 bridgehead atoms. The van der Waals surface area contributed by atoms with Gasteiger partial charge in [0.15, 0.2) is 6.61 Å². The second-order valence-electron chi connectivity index (χ2n) is 6.80. The summed E-state index contributed by atoms with van der Waals surface area (Å²) in [5, 5.41) is 0.782. The number of hydrogen-bond donors (Lipinski definition) is 0. The van der Waals surface area contributed by atoms with Crippen LogP contribution in [0.2, 0.25) is 0 Å². The SMILES string of the molecule is CCOCc1c(C(=O)OCC(=O)N2CCC(C(=O)OC)CC2)oc2ccccc12. The Kier molecular flexibility index (Phi) is 6.87. The number of hydrogen-bond acceptors (Lipinski definition) is 7. The first-order valence-electron chi connectivity index (χ1n) is 9.66. The third kappa shape index (κ3) is 4.76. The third-order valence-corrected chi connectivity index (χ3v) is 5.04. The minimum Gasteiger partial charge on any atom is -0.469 e. The fourth-order valence-corrected chi connectivity index (χ4v) is 3.43. The molecular formula is C21H25NO7. The number of ether oxygens (including phenoxy) is 3. The summed E-state index contributed by atoms with van der Waals surface area (Å²) in [6.45, 7) is 3.04. The molecule has 0 atom stereocenters. The highest BCUT2D eigenvalue weighted by molar-refractivity contribution is 5.96. The van der Waals surface area contributed by atoms with Crippen molar-refractivity contribution < 1.29 is 33.0 Å². The number of rotatable bonds is 7. The summed E-state index contributed by atoms with van der Waals surface area (Å²) in [4.78, 5) is 38.1. The maximum Gasteiger partial charge on any atom is 0.375 e. The molecule has 0 aliphatic carbocycles. The van der Waals surface area contributed by atoms with E-state index in [4.69, 9.17) is 18.6 Å². The van der Waals surface area contributed by atoms with Gasteiger partial charge in [0.25, 0.3) is 5.91 Å². The molecule has 1 aromatic heterocycles. The average Bonchev–Trinajstić information content (AvgIpc) is 3.14. The Balaban J connectivity index is 1.61. The number of likely N-dealkylation sites (tertiary alicyclic amines) is 1. The van der Waals surface area contributed by atoms with E-state index in [2.05, 4.69) is 0 Å². The summed E-state index contributed by atoms with van der Waals surface area (Å²) in [5.74, 6) is -1.40. The number of carbonyl (C=O) groups is 3. The summed E-state index contributed by atoms with van der Waals surface area (Å²) in [7, 11) is 1.36. The lowest BCUT2D eigenvalue weighted by Crippen LogP contribution is -2.42. The van der Waals surface area contributed by atoms with Crippen molar-refractivity contribution in [1.29, 1.82) is 0 Å². The van der Waals surface area contributed by atoms with E-state index in [-0.39, 0.29) is 36.8 Å². The van der Waals surface area contributed by atoms with Crippen molar-refractivity contribution in [2.45, 2.75) is 26.4 Å². The molecule has 1 saturated heterocycles. The van der Waals surface area contributed by atoms with E-state index in [1.807, 2.05) is 25.1 Å². The van der Waals surface area contributed by atoms with Gasteiger partial charge in [-0.15, -0.1) is 0 Å². The Labute approximate surface area is 168 Å². The summed E-state index contributed by atoms with van der Waals surface area (Å²) in [6.07, 6.45) is 1.07. The molecule has 3 rings (SSSR count). The molecule has 0 radical (unpaired) electrons. The number of para-hydroxylation sites is 1. The Morgan fingerprint density at radius 3 is 2.59 bits per heavy atom. The van der Waals surface area contributed by atoms with Crippen molar-refractivity contribution in [3.63, 3.8) is 0 Å². The molecule has 29 heavy (non-hydrogen) atoms. The Morgan fingerprint density at radius 2 is 1.90 bits per heavy atom. The third-order valence-electron chi connectivity index (χ3n) is 5.04. The van der Waals surface area contributed by atoms with Crippen LogP contribution in [0.25, 0.3) is 11.0 Å². The first-order valence-corrected chi connectivity index (χ1v) is 9.66. The van der Waals surface area contributed by atoms with E-state index in [9.17, 15) is 14.4 Å². The first-order chi connectivity index (χ1) is 14.0. The topological polar surface area (TPSA) is 95.3 Å². The number of methoxy groups -OCH3 is 1. The molecule has 2 heterocycles. The minimum atomic E-state index is -0.700. The zero-order valence-electron chi connectivity index (χ0n) is 16.6. The van der Waals surface area contributed by atoms with Crippen LogP contribution in [-0.2, 0) is 30.4 Å². The minimum absolute atomic E-state index is 0.0526. The van der Waals surface area contributed by atoms with E-state index in [1.54, 1.807) is 11.0 Å². The number of benzene rings is 1. The van der Waals surface area contributed by atoms with Gasteiger partial charge in [-0.2, -0.15) is 0 Å². The first kappa shape index (κ1) is 20.9. The molecule has 2 aromatic rings. The molecule has 1 aliphatic heterocycles. The molecule has 1 fully saturated rings. The van der Waals surface area contributed by atoms with Crippen molar-refractivity contribution in [1.82, 2.24) is 4.90 Å². The smallest absolute Gasteiger partial charge is 0.375 e. The number of carbonyl (C=O) groups excluding carboxylic acids is 3. The van der Waals surface area contributed by atoms with Crippen molar-refractivity contribution in [3.8, 4) is 0 Å². The Hall–Kier alpha value is -2.87. The van der Waals surface area contributed by atoms with Crippen molar-refractivity contribution >= 4 is 28.8 Å². The molecule has 0 unspecified atom stereocenters. The molecule has 156 valence electrons. The number of furan rings is 1. The van der Waals surface area contributed by atoms with Crippen LogP contribution in [-0.4, -0.2) is 56.2 Å². The predicted octanol–water partition coefficient (Wildman–Crippen LogP) is 2.54. The highest BCUT2D eigenvalue weighted by Crippen LogP contribution is 2.27. The second kappa shape index (κ2) is 9.56. The lowest BCUT2D eigenvalue weighted by Gasteiger charge is -2.30. The Bertz CT molecular complexity index is 880. The van der Waals surface area contributed by atoms with Gasteiger partial charge in [0.1, 0.15) is 5.58 Å². The maximum atomic E-state index is 12.6. The van der Waals surface area contributed by atoms with Crippen molar-refractivity contribution in [2.75, 3.05) is 33.4 Å². The van der Waals surface area contributed by atoms with Crippen LogP contribution in [0, 0.1) is 5.92 Å². The van der Waals surface area contributed by atoms with Gasteiger partial charge in [0.05, 0.1) is 19.6 Å². The summed E-state index contributed by atoms with van der Waals surface area (Å²) >= 11 is 0. The van der Waals surface area contributed by atoms with Crippen LogP contribution in [0.5, 0.6) is 0 Å². The standard InChI is InChI=1S/C21H25NO7/c1-3-27-12-16-15-6-4-5-7-17(15)29-19(16)21(25)28-13-18(23)22-10-8-14(9-11-22)20(24)26-2/h4-7,14H,3,8-13H2,1-2H3. The zero-order chi connectivity index (χ0) is 20.8. The van der Waals surface area contributed by atoms with E-state index < -0.39 is 5.97 Å². The number of nitrogens with zero attached hydrogens (tertiary/aromatic N) is 1. The molecule has 0 spiro atoms. The van der Waals surface area contributed by atoms with Gasteiger partial charge in [-0.3, -0.25) is 9.59 Å². The molecule has 8 nitrogen and oxygen atoms in total. The molecule has 1 aliphatic rings. The zero-order valence-corrected chi connectivity index (χ0v) is 16.6. The normalized spacial score (nSPS) is 14.8. The van der Waals surface area contributed by atoms with E-state index in [0.717, 1.165) is 5.39 Å². The molecule has 0 N–H and O–H groups in total. The second-order valence-corrected chi connectivity index (χ2v) is 6.80. The summed E-state index contributed by atoms with van der Waals surface area (Å²) in [6, 6.07) is 7.27. The summed E-state index contributed by atoms with van der Waals surface area (Å²) in [5.41, 5.74) is 1.17. The van der Waals surface area contributed by atoms with Crippen LogP contribution in [0.3, 0.4) is 0 Å². The number of esters is 2. The van der Waals surface area contributed by atoms with Crippen LogP contribution in [0.15, 0.2) is 28.7 Å². The number of piperidine rings is 1. The average molecular weight is 403 g/mol. The largest absolute Gasteiger partial charge is 0.469 e. The van der Waals surface area contributed by atoms with Gasteiger partial charge < -0.3 is 23.5 Å². The fraction of sp³-hybridized carbons (Fsp3) is 0.476. The van der Waals surface area contributed by atoms with Gasteiger partial charge >= 0.3 is 11.9 Å². The molecule has 1 aromatic carbocycles. The number of fused-ring (bicyclic) bond motifs is 1. The molecule has 1 amide bonds. The van der Waals surface area contributed by atoms with E-state index >= 15 is 0 Å². The van der Waals surface area contributed by atoms with Crippen LogP contribution in [0.4, 0.5) is 0 Å². The van der Waals surface area contributed by atoms with Gasteiger partial charge in [-0.05, 0) is 25.8 Å². The van der Waals surface area contributed by atoms with Gasteiger partial charge in [-0.25, -0.2) is 4.79 Å². The predicted molar refractivity (Wildman–Crippen MR) is 103 cm³/mol. The lowest BCUT2D eigenvalue weighted by atomic mass is 9.97. The van der Waals surface area contributed by atoms with Crippen LogP contribution in [0.1, 0.15) is 35.9 Å². The van der Waals surface area contributed by atoms with E-state index in [0.29, 0.717) is 43.7 Å². The fourth-order valence-electron chi connectivity index (χ4n) is 3.43.